The van der Waals surface area contributed by atoms with E-state index in [2.05, 4.69) is 0 Å². The molecule has 8 heteroatoms. The highest BCUT2D eigenvalue weighted by Crippen LogP contribution is 2.28. The summed E-state index contributed by atoms with van der Waals surface area (Å²) >= 11 is 0. The molecule has 35 heavy (non-hydrogen) atoms. The summed E-state index contributed by atoms with van der Waals surface area (Å²) in [4.78, 5) is 0. The van der Waals surface area contributed by atoms with E-state index in [1.807, 2.05) is 42.5 Å². The van der Waals surface area contributed by atoms with Gasteiger partial charge in [-0.3, -0.25) is 4.21 Å². The van der Waals surface area contributed by atoms with Crippen LogP contribution in [0.15, 0.2) is 78.9 Å². The summed E-state index contributed by atoms with van der Waals surface area (Å²) < 4.78 is 25.6. The lowest BCUT2D eigenvalue weighted by atomic mass is 9.97. The molecule has 1 aliphatic rings. The molecular formula is C27H24N2O5S. The van der Waals surface area contributed by atoms with Gasteiger partial charge in [0, 0.05) is 10.8 Å². The number of hydrogen-bond acceptors (Lipinski definition) is 7. The Morgan fingerprint density at radius 3 is 1.89 bits per heavy atom. The van der Waals surface area contributed by atoms with Crippen molar-refractivity contribution in [3.05, 3.63) is 95.6 Å². The van der Waals surface area contributed by atoms with E-state index in [4.69, 9.17) is 20.0 Å². The van der Waals surface area contributed by atoms with Crippen LogP contribution in [-0.2, 0) is 17.2 Å². The van der Waals surface area contributed by atoms with Crippen molar-refractivity contribution in [2.24, 2.45) is 0 Å². The summed E-state index contributed by atoms with van der Waals surface area (Å²) in [6.45, 7) is 0. The predicted molar refractivity (Wildman–Crippen MR) is 130 cm³/mol. The summed E-state index contributed by atoms with van der Waals surface area (Å²) in [5.41, 5.74) is 1.84. The van der Waals surface area contributed by atoms with Crippen LogP contribution in [0.25, 0.3) is 0 Å². The van der Waals surface area contributed by atoms with Crippen LogP contribution in [0.2, 0.25) is 0 Å². The van der Waals surface area contributed by atoms with Gasteiger partial charge in [-0.1, -0.05) is 30.3 Å². The molecule has 0 aromatic heterocycles. The zero-order valence-corrected chi connectivity index (χ0v) is 19.5. The third kappa shape index (κ3) is 5.87. The Hall–Kier alpha value is -3.69. The van der Waals surface area contributed by atoms with Gasteiger partial charge in [-0.25, -0.2) is 0 Å². The maximum atomic E-state index is 13.6. The Kier molecular flexibility index (Phi) is 7.79. The van der Waals surface area contributed by atoms with Crippen molar-refractivity contribution < 1.29 is 23.9 Å². The first kappa shape index (κ1) is 24.4. The number of ether oxygens (including phenoxy) is 2. The van der Waals surface area contributed by atoms with Crippen LogP contribution in [0.3, 0.4) is 0 Å². The summed E-state index contributed by atoms with van der Waals surface area (Å²) in [7, 11) is -1.53. The standard InChI is InChI=1S/C27H24N2O5S/c28-15-19-6-10-21(11-7-19)33-23-17-35(32)24(14-18-4-2-1-3-5-18)27(26(31)25(23)30)34-22-12-8-20(16-29)9-13-22/h1-13,23-27,30-31H,14,17H2/t23-,24+,25-,26+,27-,35?/m0/s1. The van der Waals surface area contributed by atoms with Gasteiger partial charge in [-0.2, -0.15) is 10.5 Å². The SMILES string of the molecule is N#Cc1ccc(O[C@@H]2[C@H](O)[C@@H](O)[C@@H](Oc3ccc(C#N)cc3)CS(=O)[C@@H]2Cc2ccccc2)cc1. The highest BCUT2D eigenvalue weighted by atomic mass is 32.2. The van der Waals surface area contributed by atoms with Crippen LogP contribution in [-0.4, -0.2) is 49.8 Å². The van der Waals surface area contributed by atoms with Crippen LogP contribution in [0.4, 0.5) is 0 Å². The third-order valence-corrected chi connectivity index (χ3v) is 7.67. The lowest BCUT2D eigenvalue weighted by Crippen LogP contribution is -2.50. The minimum Gasteiger partial charge on any atom is -0.487 e. The van der Waals surface area contributed by atoms with E-state index in [1.54, 1.807) is 48.5 Å². The van der Waals surface area contributed by atoms with Crippen molar-refractivity contribution in [2.45, 2.75) is 36.1 Å². The normalized spacial score (nSPS) is 26.1. The molecule has 0 saturated carbocycles. The number of aliphatic hydroxyl groups excluding tert-OH is 2. The van der Waals surface area contributed by atoms with Crippen molar-refractivity contribution in [1.29, 1.82) is 10.5 Å². The molecule has 1 saturated heterocycles. The fraction of sp³-hybridized carbons (Fsp3) is 0.259. The van der Waals surface area contributed by atoms with Crippen LogP contribution in [0, 0.1) is 22.7 Å². The Morgan fingerprint density at radius 1 is 0.800 bits per heavy atom. The molecule has 4 rings (SSSR count). The fourth-order valence-corrected chi connectivity index (χ4v) is 5.75. The molecule has 0 radical (unpaired) electrons. The van der Waals surface area contributed by atoms with E-state index in [0.29, 0.717) is 29.0 Å². The van der Waals surface area contributed by atoms with Crippen molar-refractivity contribution in [3.63, 3.8) is 0 Å². The quantitative estimate of drug-likeness (QED) is 0.547. The summed E-state index contributed by atoms with van der Waals surface area (Å²) in [5.74, 6) is 0.772. The molecule has 3 aromatic rings. The van der Waals surface area contributed by atoms with Crippen molar-refractivity contribution in [2.75, 3.05) is 5.75 Å². The summed E-state index contributed by atoms with van der Waals surface area (Å²) in [5, 5.41) is 39.6. The monoisotopic (exact) mass is 488 g/mol. The summed E-state index contributed by atoms with van der Waals surface area (Å²) in [6.07, 6.45) is -4.35. The number of nitrogens with zero attached hydrogens (tertiary/aromatic N) is 2. The average molecular weight is 489 g/mol. The minimum atomic E-state index is -1.53. The van der Waals surface area contributed by atoms with E-state index in [0.717, 1.165) is 5.56 Å². The Balaban J connectivity index is 1.63. The maximum absolute atomic E-state index is 13.6. The topological polar surface area (TPSA) is 124 Å². The molecule has 1 heterocycles. The molecule has 1 fully saturated rings. The molecular weight excluding hydrogens is 464 g/mol. The van der Waals surface area contributed by atoms with Gasteiger partial charge in [-0.15, -0.1) is 0 Å². The van der Waals surface area contributed by atoms with Crippen molar-refractivity contribution in [3.8, 4) is 23.6 Å². The first-order valence-corrected chi connectivity index (χ1v) is 12.5. The zero-order chi connectivity index (χ0) is 24.8. The van der Waals surface area contributed by atoms with Gasteiger partial charge in [-0.05, 0) is 60.5 Å². The van der Waals surface area contributed by atoms with Gasteiger partial charge in [0.2, 0.25) is 0 Å². The molecule has 1 aliphatic heterocycles. The molecule has 0 amide bonds. The highest BCUT2D eigenvalue weighted by molar-refractivity contribution is 7.85. The Bertz CT molecular complexity index is 1240. The molecule has 0 aliphatic carbocycles. The average Bonchev–Trinajstić information content (AvgIpc) is 2.97. The molecule has 1 unspecified atom stereocenters. The van der Waals surface area contributed by atoms with Crippen LogP contribution >= 0.6 is 0 Å². The Labute approximate surface area is 206 Å². The van der Waals surface area contributed by atoms with Crippen LogP contribution in [0.1, 0.15) is 16.7 Å². The number of rotatable bonds is 6. The second-order valence-corrected chi connectivity index (χ2v) is 9.97. The smallest absolute Gasteiger partial charge is 0.142 e. The minimum absolute atomic E-state index is 0.0110. The predicted octanol–water partition coefficient (Wildman–Crippen LogP) is 2.72. The third-order valence-electron chi connectivity index (χ3n) is 5.91. The second kappa shape index (κ2) is 11.2. The van der Waals surface area contributed by atoms with Crippen LogP contribution in [0.5, 0.6) is 11.5 Å². The lowest BCUT2D eigenvalue weighted by molar-refractivity contribution is -0.0822. The largest absolute Gasteiger partial charge is 0.487 e. The first-order chi connectivity index (χ1) is 17.0. The van der Waals surface area contributed by atoms with Crippen molar-refractivity contribution >= 4 is 10.8 Å². The van der Waals surface area contributed by atoms with Crippen molar-refractivity contribution in [1.82, 2.24) is 0 Å². The van der Waals surface area contributed by atoms with E-state index in [1.165, 1.54) is 0 Å². The van der Waals surface area contributed by atoms with Gasteiger partial charge in [0.25, 0.3) is 0 Å². The molecule has 7 nitrogen and oxygen atoms in total. The van der Waals surface area contributed by atoms with Gasteiger partial charge >= 0.3 is 0 Å². The molecule has 2 N–H and O–H groups in total. The number of aliphatic hydroxyl groups is 2. The molecule has 3 aromatic carbocycles. The number of benzene rings is 3. The maximum Gasteiger partial charge on any atom is 0.142 e. The van der Waals surface area contributed by atoms with Crippen LogP contribution < -0.4 is 9.47 Å². The molecule has 178 valence electrons. The number of hydrogen-bond donors (Lipinski definition) is 2. The molecule has 0 spiro atoms. The Morgan fingerprint density at radius 2 is 1.34 bits per heavy atom. The van der Waals surface area contributed by atoms with E-state index < -0.39 is 40.5 Å². The first-order valence-electron chi connectivity index (χ1n) is 11.1. The van der Waals surface area contributed by atoms with E-state index in [-0.39, 0.29) is 5.75 Å². The van der Waals surface area contributed by atoms with Gasteiger partial charge in [0.1, 0.15) is 35.9 Å². The second-order valence-electron chi connectivity index (χ2n) is 8.27. The van der Waals surface area contributed by atoms with Gasteiger partial charge in [0.15, 0.2) is 0 Å². The summed E-state index contributed by atoms with van der Waals surface area (Å²) in [6, 6.07) is 26.3. The molecule has 0 bridgehead atoms. The van der Waals surface area contributed by atoms with E-state index in [9.17, 15) is 14.4 Å². The highest BCUT2D eigenvalue weighted by Gasteiger charge is 2.46. The van der Waals surface area contributed by atoms with Gasteiger partial charge < -0.3 is 19.7 Å². The van der Waals surface area contributed by atoms with Gasteiger partial charge in [0.05, 0.1) is 34.3 Å². The number of nitriles is 2. The zero-order valence-electron chi connectivity index (χ0n) is 18.7. The molecule has 6 atom stereocenters. The fourth-order valence-electron chi connectivity index (χ4n) is 4.02. The van der Waals surface area contributed by atoms with E-state index >= 15 is 0 Å². The lowest BCUT2D eigenvalue weighted by Gasteiger charge is -2.31.